The lowest BCUT2D eigenvalue weighted by atomic mass is 10.1. The van der Waals surface area contributed by atoms with E-state index < -0.39 is 0 Å². The number of nitrogens with zero attached hydrogens (tertiary/aromatic N) is 3. The van der Waals surface area contributed by atoms with E-state index in [4.69, 9.17) is 0 Å². The quantitative estimate of drug-likeness (QED) is 0.732. The third-order valence-corrected chi connectivity index (χ3v) is 5.16. The first-order valence-electron chi connectivity index (χ1n) is 9.42. The van der Waals surface area contributed by atoms with Crippen LogP contribution in [0.2, 0.25) is 0 Å². The Bertz CT molecular complexity index is 927. The average Bonchev–Trinajstić information content (AvgIpc) is 3.10. The van der Waals surface area contributed by atoms with Crippen molar-refractivity contribution in [3.05, 3.63) is 59.8 Å². The monoisotopic (exact) mass is 363 g/mol. The number of nitrogens with one attached hydrogen (secondary N) is 2. The van der Waals surface area contributed by atoms with Gasteiger partial charge in [0.1, 0.15) is 0 Å². The van der Waals surface area contributed by atoms with Crippen LogP contribution in [-0.2, 0) is 17.9 Å². The molecule has 1 aromatic heterocycles. The summed E-state index contributed by atoms with van der Waals surface area (Å²) in [4.78, 5) is 15.8. The minimum Gasteiger partial charge on any atom is -0.379 e. The van der Waals surface area contributed by atoms with Crippen molar-refractivity contribution < 1.29 is 4.79 Å². The van der Waals surface area contributed by atoms with E-state index in [0.717, 1.165) is 55.0 Å². The second-order valence-corrected chi connectivity index (χ2v) is 7.06. The predicted octanol–water partition coefficient (Wildman–Crippen LogP) is 2.84. The van der Waals surface area contributed by atoms with Crippen LogP contribution in [-0.4, -0.2) is 52.1 Å². The van der Waals surface area contributed by atoms with Crippen LogP contribution >= 0.6 is 0 Å². The number of rotatable bonds is 5. The second-order valence-electron chi connectivity index (χ2n) is 7.06. The molecule has 3 aromatic rings. The lowest BCUT2D eigenvalue weighted by Gasteiger charge is -2.34. The highest BCUT2D eigenvalue weighted by Crippen LogP contribution is 2.18. The lowest BCUT2D eigenvalue weighted by molar-refractivity contribution is -0.130. The van der Waals surface area contributed by atoms with E-state index in [1.54, 1.807) is 6.92 Å². The lowest BCUT2D eigenvalue weighted by Crippen LogP contribution is -2.47. The Morgan fingerprint density at radius 2 is 1.93 bits per heavy atom. The molecule has 6 heteroatoms. The number of piperazine rings is 1. The third-order valence-electron chi connectivity index (χ3n) is 5.16. The van der Waals surface area contributed by atoms with Gasteiger partial charge in [-0.3, -0.25) is 14.8 Å². The fourth-order valence-corrected chi connectivity index (χ4v) is 3.60. The second kappa shape index (κ2) is 7.80. The summed E-state index contributed by atoms with van der Waals surface area (Å²) in [6, 6.07) is 16.7. The summed E-state index contributed by atoms with van der Waals surface area (Å²) in [7, 11) is 0. The van der Waals surface area contributed by atoms with Gasteiger partial charge in [-0.1, -0.05) is 30.3 Å². The maximum Gasteiger partial charge on any atom is 0.219 e. The maximum atomic E-state index is 11.5. The molecule has 4 rings (SSSR count). The summed E-state index contributed by atoms with van der Waals surface area (Å²) in [6.07, 6.45) is 0. The number of benzene rings is 2. The normalized spacial score (nSPS) is 15.2. The first-order chi connectivity index (χ1) is 13.2. The van der Waals surface area contributed by atoms with Gasteiger partial charge in [0.25, 0.3) is 0 Å². The molecular weight excluding hydrogens is 338 g/mol. The number of anilines is 1. The Kier molecular flexibility index (Phi) is 5.07. The zero-order valence-corrected chi connectivity index (χ0v) is 15.6. The standard InChI is InChI=1S/C21H25N5O/c1-16(27)26-11-9-25(10-12-26)15-17-5-4-6-18(13-17)22-14-21-19-7-2-3-8-20(19)23-24-21/h2-8,13,22H,9-12,14-15H2,1H3,(H,23,24). The zero-order chi connectivity index (χ0) is 18.6. The minimum atomic E-state index is 0.173. The number of hydrogen-bond acceptors (Lipinski definition) is 4. The van der Waals surface area contributed by atoms with Gasteiger partial charge in [-0.25, -0.2) is 0 Å². The molecule has 27 heavy (non-hydrogen) atoms. The van der Waals surface area contributed by atoms with Crippen LogP contribution in [0.25, 0.3) is 10.9 Å². The highest BCUT2D eigenvalue weighted by molar-refractivity contribution is 5.81. The van der Waals surface area contributed by atoms with Crippen molar-refractivity contribution in [3.8, 4) is 0 Å². The molecule has 0 spiro atoms. The number of carbonyl (C=O) groups is 1. The number of aromatic amines is 1. The molecule has 6 nitrogen and oxygen atoms in total. The van der Waals surface area contributed by atoms with Crippen molar-refractivity contribution in [2.75, 3.05) is 31.5 Å². The molecule has 0 aliphatic carbocycles. The first kappa shape index (κ1) is 17.5. The Morgan fingerprint density at radius 3 is 2.74 bits per heavy atom. The summed E-state index contributed by atoms with van der Waals surface area (Å²) in [5.74, 6) is 0.173. The van der Waals surface area contributed by atoms with Gasteiger partial charge in [-0.05, 0) is 23.8 Å². The van der Waals surface area contributed by atoms with Gasteiger partial charge in [-0.2, -0.15) is 5.10 Å². The van der Waals surface area contributed by atoms with Gasteiger partial charge in [0.05, 0.1) is 17.8 Å². The fraction of sp³-hybridized carbons (Fsp3) is 0.333. The van der Waals surface area contributed by atoms with Crippen LogP contribution in [0.3, 0.4) is 0 Å². The topological polar surface area (TPSA) is 64.3 Å². The van der Waals surface area contributed by atoms with Crippen LogP contribution in [0.15, 0.2) is 48.5 Å². The molecule has 2 aromatic carbocycles. The van der Waals surface area contributed by atoms with Crippen molar-refractivity contribution in [2.45, 2.75) is 20.0 Å². The van der Waals surface area contributed by atoms with Gasteiger partial charge in [-0.15, -0.1) is 0 Å². The van der Waals surface area contributed by atoms with Crippen molar-refractivity contribution in [1.29, 1.82) is 0 Å². The Morgan fingerprint density at radius 1 is 1.11 bits per heavy atom. The van der Waals surface area contributed by atoms with Crippen LogP contribution in [0, 0.1) is 0 Å². The van der Waals surface area contributed by atoms with Crippen LogP contribution in [0.4, 0.5) is 5.69 Å². The smallest absolute Gasteiger partial charge is 0.219 e. The molecule has 1 aliphatic rings. The molecule has 0 saturated carbocycles. The van der Waals surface area contributed by atoms with Crippen LogP contribution in [0.1, 0.15) is 18.2 Å². The fourth-order valence-electron chi connectivity index (χ4n) is 3.60. The molecule has 1 fully saturated rings. The van der Waals surface area contributed by atoms with Crippen molar-refractivity contribution >= 4 is 22.5 Å². The largest absolute Gasteiger partial charge is 0.379 e. The summed E-state index contributed by atoms with van der Waals surface area (Å²) < 4.78 is 0. The summed E-state index contributed by atoms with van der Waals surface area (Å²) in [6.45, 7) is 6.76. The molecule has 0 atom stereocenters. The van der Waals surface area contributed by atoms with Gasteiger partial charge in [0, 0.05) is 50.7 Å². The van der Waals surface area contributed by atoms with Crippen molar-refractivity contribution in [1.82, 2.24) is 20.0 Å². The van der Waals surface area contributed by atoms with E-state index >= 15 is 0 Å². The Balaban J connectivity index is 1.36. The van der Waals surface area contributed by atoms with E-state index in [1.165, 1.54) is 5.56 Å². The van der Waals surface area contributed by atoms with E-state index in [0.29, 0.717) is 6.54 Å². The number of fused-ring (bicyclic) bond motifs is 1. The molecule has 1 amide bonds. The SMILES string of the molecule is CC(=O)N1CCN(Cc2cccc(NCc3[nH]nc4ccccc34)c2)CC1. The molecule has 0 unspecified atom stereocenters. The zero-order valence-electron chi connectivity index (χ0n) is 15.6. The van der Waals surface area contributed by atoms with E-state index in [2.05, 4.69) is 50.7 Å². The van der Waals surface area contributed by atoms with E-state index in [9.17, 15) is 4.79 Å². The number of aromatic nitrogens is 2. The maximum absolute atomic E-state index is 11.5. The molecule has 2 heterocycles. The molecule has 0 bridgehead atoms. The molecule has 0 radical (unpaired) electrons. The first-order valence-corrected chi connectivity index (χ1v) is 9.42. The third kappa shape index (κ3) is 4.11. The molecule has 1 saturated heterocycles. The Labute approximate surface area is 159 Å². The summed E-state index contributed by atoms with van der Waals surface area (Å²) >= 11 is 0. The number of para-hydroxylation sites is 1. The number of hydrogen-bond donors (Lipinski definition) is 2. The van der Waals surface area contributed by atoms with Gasteiger partial charge in [0.15, 0.2) is 0 Å². The van der Waals surface area contributed by atoms with Crippen LogP contribution < -0.4 is 5.32 Å². The van der Waals surface area contributed by atoms with E-state index in [1.807, 2.05) is 23.1 Å². The van der Waals surface area contributed by atoms with Crippen molar-refractivity contribution in [2.24, 2.45) is 0 Å². The highest BCUT2D eigenvalue weighted by atomic mass is 16.2. The summed E-state index contributed by atoms with van der Waals surface area (Å²) in [5, 5.41) is 12.1. The molecular formula is C21H25N5O. The highest BCUT2D eigenvalue weighted by Gasteiger charge is 2.18. The number of carbonyl (C=O) groups excluding carboxylic acids is 1. The molecule has 2 N–H and O–H groups in total. The minimum absolute atomic E-state index is 0.173. The van der Waals surface area contributed by atoms with Gasteiger partial charge < -0.3 is 10.2 Å². The Hall–Kier alpha value is -2.86. The van der Waals surface area contributed by atoms with Crippen molar-refractivity contribution in [3.63, 3.8) is 0 Å². The molecule has 1 aliphatic heterocycles. The van der Waals surface area contributed by atoms with E-state index in [-0.39, 0.29) is 5.91 Å². The number of H-pyrrole nitrogens is 1. The van der Waals surface area contributed by atoms with Gasteiger partial charge >= 0.3 is 0 Å². The summed E-state index contributed by atoms with van der Waals surface area (Å²) in [5.41, 5.74) is 4.48. The predicted molar refractivity (Wildman–Crippen MR) is 107 cm³/mol. The number of amides is 1. The van der Waals surface area contributed by atoms with Gasteiger partial charge in [0.2, 0.25) is 5.91 Å². The average molecular weight is 363 g/mol. The molecule has 140 valence electrons. The van der Waals surface area contributed by atoms with Crippen LogP contribution in [0.5, 0.6) is 0 Å².